The number of ether oxygens (including phenoxy) is 4. The van der Waals surface area contributed by atoms with Crippen molar-refractivity contribution >= 4 is 35.0 Å². The fraction of sp³-hybridized carbons (Fsp3) is 1.00. The third kappa shape index (κ3) is 18.2. The van der Waals surface area contributed by atoms with Gasteiger partial charge in [0.05, 0.1) is 26.4 Å². The maximum absolute atomic E-state index is 7.15. The van der Waals surface area contributed by atoms with E-state index in [-0.39, 0.29) is 0 Å². The zero-order chi connectivity index (χ0) is 31.6. The SMILES string of the molecule is CCCCCCCCCCCCCCCC[Si]1(C)O[SiH](C)O[Si](C)(CCCOCC2CO2)O[Si](C)(CCCOCC2CO2)O1. The molecule has 0 aliphatic carbocycles. The smallest absolute Gasteiger partial charge is 0.317 e. The van der Waals surface area contributed by atoms with Crippen LogP contribution in [0.2, 0.25) is 44.3 Å². The van der Waals surface area contributed by atoms with E-state index in [2.05, 4.69) is 33.1 Å². The lowest BCUT2D eigenvalue weighted by Crippen LogP contribution is -2.63. The molecule has 3 aliphatic heterocycles. The molecule has 0 bridgehead atoms. The molecule has 0 aromatic heterocycles. The minimum Gasteiger partial charge on any atom is -0.418 e. The topological polar surface area (TPSA) is 80.4 Å². The highest BCUT2D eigenvalue weighted by molar-refractivity contribution is 6.90. The van der Waals surface area contributed by atoms with Crippen LogP contribution >= 0.6 is 0 Å². The summed E-state index contributed by atoms with van der Waals surface area (Å²) < 4.78 is 50.1. The van der Waals surface area contributed by atoms with Crippen LogP contribution in [-0.2, 0) is 35.4 Å². The molecule has 6 atom stereocenters. The molecule has 0 N–H and O–H groups in total. The van der Waals surface area contributed by atoms with Gasteiger partial charge >= 0.3 is 35.0 Å². The van der Waals surface area contributed by atoms with Gasteiger partial charge in [0, 0.05) is 13.2 Å². The Kier molecular flexibility index (Phi) is 19.1. The van der Waals surface area contributed by atoms with Crippen LogP contribution in [0.3, 0.4) is 0 Å². The zero-order valence-electron chi connectivity index (χ0n) is 29.2. The second-order valence-electron chi connectivity index (χ2n) is 14.0. The van der Waals surface area contributed by atoms with Crippen LogP contribution in [0.4, 0.5) is 0 Å². The van der Waals surface area contributed by atoms with E-state index in [1.807, 2.05) is 0 Å². The lowest BCUT2D eigenvalue weighted by atomic mass is 10.0. The predicted octanol–water partition coefficient (Wildman–Crippen LogP) is 8.23. The van der Waals surface area contributed by atoms with Gasteiger partial charge in [0.15, 0.2) is 0 Å². The van der Waals surface area contributed by atoms with Crippen LogP contribution in [-0.4, -0.2) is 86.8 Å². The first-order valence-corrected chi connectivity index (χ1v) is 28.0. The van der Waals surface area contributed by atoms with Crippen LogP contribution in [0.25, 0.3) is 0 Å². The van der Waals surface area contributed by atoms with Crippen LogP contribution < -0.4 is 0 Å². The fourth-order valence-electron chi connectivity index (χ4n) is 6.42. The molecule has 0 saturated carbocycles. The number of rotatable bonds is 27. The van der Waals surface area contributed by atoms with Gasteiger partial charge in [0.2, 0.25) is 0 Å². The Hall–Kier alpha value is 0.548. The minimum absolute atomic E-state index is 0.301. The van der Waals surface area contributed by atoms with Gasteiger partial charge in [-0.2, -0.15) is 0 Å². The molecular weight excluding hydrogens is 625 g/mol. The molecule has 260 valence electrons. The lowest BCUT2D eigenvalue weighted by Gasteiger charge is -2.47. The maximum Gasteiger partial charge on any atom is 0.317 e. The summed E-state index contributed by atoms with van der Waals surface area (Å²) in [7, 11) is -9.30. The van der Waals surface area contributed by atoms with Gasteiger partial charge in [-0.3, -0.25) is 0 Å². The predicted molar refractivity (Wildman–Crippen MR) is 187 cm³/mol. The normalized spacial score (nSPS) is 32.0. The Morgan fingerprint density at radius 3 is 1.32 bits per heavy atom. The Balaban J connectivity index is 1.38. The van der Waals surface area contributed by atoms with Gasteiger partial charge in [-0.05, 0) is 57.2 Å². The van der Waals surface area contributed by atoms with Crippen molar-refractivity contribution < 1.29 is 35.4 Å². The van der Waals surface area contributed by atoms with Gasteiger partial charge in [-0.1, -0.05) is 96.8 Å². The summed E-state index contributed by atoms with van der Waals surface area (Å²) >= 11 is 0. The van der Waals surface area contributed by atoms with Gasteiger partial charge in [0.25, 0.3) is 0 Å². The van der Waals surface area contributed by atoms with Crippen molar-refractivity contribution in [2.45, 2.75) is 166 Å². The number of unbranched alkanes of at least 4 members (excludes halogenated alkanes) is 13. The molecule has 0 radical (unpaired) electrons. The summed E-state index contributed by atoms with van der Waals surface area (Å²) in [5.74, 6) is 0. The Labute approximate surface area is 275 Å². The van der Waals surface area contributed by atoms with E-state index in [4.69, 9.17) is 35.4 Å². The summed E-state index contributed by atoms with van der Waals surface area (Å²) in [6.07, 6.45) is 21.7. The summed E-state index contributed by atoms with van der Waals surface area (Å²) in [5.41, 5.74) is 0. The highest BCUT2D eigenvalue weighted by Gasteiger charge is 2.51. The molecule has 0 amide bonds. The molecule has 3 fully saturated rings. The Morgan fingerprint density at radius 1 is 0.545 bits per heavy atom. The van der Waals surface area contributed by atoms with E-state index in [1.165, 1.54) is 89.9 Å². The third-order valence-corrected chi connectivity index (χ3v) is 26.3. The highest BCUT2D eigenvalue weighted by atomic mass is 28.5. The van der Waals surface area contributed by atoms with E-state index in [1.54, 1.807) is 0 Å². The van der Waals surface area contributed by atoms with Crippen molar-refractivity contribution in [3.05, 3.63) is 0 Å². The monoisotopic (exact) mass is 692 g/mol. The molecule has 44 heavy (non-hydrogen) atoms. The zero-order valence-corrected chi connectivity index (χ0v) is 33.3. The quantitative estimate of drug-likeness (QED) is 0.0484. The van der Waals surface area contributed by atoms with Gasteiger partial charge < -0.3 is 35.4 Å². The Morgan fingerprint density at radius 2 is 0.909 bits per heavy atom. The molecule has 6 unspecified atom stereocenters. The van der Waals surface area contributed by atoms with E-state index in [9.17, 15) is 0 Å². The summed E-state index contributed by atoms with van der Waals surface area (Å²) in [6.45, 7) is 15.7. The molecule has 12 heteroatoms. The highest BCUT2D eigenvalue weighted by Crippen LogP contribution is 2.35. The van der Waals surface area contributed by atoms with Crippen LogP contribution in [0.1, 0.15) is 110 Å². The van der Waals surface area contributed by atoms with Crippen molar-refractivity contribution in [3.63, 3.8) is 0 Å². The van der Waals surface area contributed by atoms with Crippen molar-refractivity contribution in [2.75, 3.05) is 39.6 Å². The van der Waals surface area contributed by atoms with Crippen LogP contribution in [0.15, 0.2) is 0 Å². The number of epoxide rings is 2. The first kappa shape index (κ1) is 39.0. The molecule has 8 nitrogen and oxygen atoms in total. The fourth-order valence-corrected chi connectivity index (χ4v) is 26.8. The molecule has 0 aromatic carbocycles. The van der Waals surface area contributed by atoms with Gasteiger partial charge in [-0.25, -0.2) is 0 Å². The third-order valence-electron chi connectivity index (χ3n) is 8.93. The molecule has 0 aromatic rings. The van der Waals surface area contributed by atoms with E-state index in [0.29, 0.717) is 38.6 Å². The maximum atomic E-state index is 7.15. The van der Waals surface area contributed by atoms with E-state index in [0.717, 1.165) is 44.2 Å². The van der Waals surface area contributed by atoms with Crippen molar-refractivity contribution in [1.29, 1.82) is 0 Å². The van der Waals surface area contributed by atoms with Crippen LogP contribution in [0, 0.1) is 0 Å². The average molecular weight is 693 g/mol. The van der Waals surface area contributed by atoms with E-state index >= 15 is 0 Å². The van der Waals surface area contributed by atoms with Gasteiger partial charge in [-0.15, -0.1) is 0 Å². The summed E-state index contributed by atoms with van der Waals surface area (Å²) in [6, 6.07) is 2.83. The van der Waals surface area contributed by atoms with Crippen molar-refractivity contribution in [1.82, 2.24) is 0 Å². The molecular formula is C32H68O8Si4. The summed E-state index contributed by atoms with van der Waals surface area (Å²) in [4.78, 5) is 0. The van der Waals surface area contributed by atoms with Gasteiger partial charge in [0.1, 0.15) is 12.2 Å². The largest absolute Gasteiger partial charge is 0.418 e. The number of hydrogen-bond acceptors (Lipinski definition) is 8. The molecule has 3 saturated heterocycles. The molecule has 3 heterocycles. The first-order chi connectivity index (χ1) is 21.2. The minimum atomic E-state index is -2.54. The number of hydrogen-bond donors (Lipinski definition) is 0. The first-order valence-electron chi connectivity index (χ1n) is 18.4. The molecule has 3 rings (SSSR count). The second kappa shape index (κ2) is 21.5. The van der Waals surface area contributed by atoms with Crippen molar-refractivity contribution in [3.8, 4) is 0 Å². The Bertz CT molecular complexity index is 749. The standard InChI is InChI=1S/C32H68O8Si4/c1-6-7-8-9-10-11-12-13-14-15-16-17-18-19-24-42(3)37-41(2)38-43(4,25-20-22-33-27-31-29-35-31)40-44(5,39-42)26-21-23-34-28-32-30-36-32/h31-32,41H,6-30H2,1-5H3. The second-order valence-corrected chi connectivity index (χ2v) is 27.0. The van der Waals surface area contributed by atoms with Crippen LogP contribution in [0.5, 0.6) is 0 Å². The molecule has 0 spiro atoms. The van der Waals surface area contributed by atoms with Crippen molar-refractivity contribution in [2.24, 2.45) is 0 Å². The van der Waals surface area contributed by atoms with E-state index < -0.39 is 35.0 Å². The average Bonchev–Trinajstić information content (AvgIpc) is 3.88. The lowest BCUT2D eigenvalue weighted by molar-refractivity contribution is 0.114. The molecule has 3 aliphatic rings. The summed E-state index contributed by atoms with van der Waals surface area (Å²) in [5, 5.41) is 0.